The predicted molar refractivity (Wildman–Crippen MR) is 133 cm³/mol. The van der Waals surface area contributed by atoms with Crippen LogP contribution in [-0.2, 0) is 14.3 Å². The minimum absolute atomic E-state index is 0.0219. The molecule has 2 aromatic rings. The fraction of sp³-hybridized carbons (Fsp3) is 0.385. The van der Waals surface area contributed by atoms with Gasteiger partial charge >= 0.3 is 0 Å². The van der Waals surface area contributed by atoms with Gasteiger partial charge in [0.15, 0.2) is 0 Å². The number of hydrogen-bond donors (Lipinski definition) is 1. The highest BCUT2D eigenvalue weighted by atomic mass is 79.9. The lowest BCUT2D eigenvalue weighted by Gasteiger charge is -2.31. The van der Waals surface area contributed by atoms with E-state index in [2.05, 4.69) is 20.8 Å². The highest BCUT2D eigenvalue weighted by Crippen LogP contribution is 2.39. The Morgan fingerprint density at radius 2 is 1.71 bits per heavy atom. The molecular weight excluding hydrogens is 500 g/mol. The molecule has 0 spiro atoms. The maximum atomic E-state index is 13.2. The number of nitrogens with zero attached hydrogens (tertiary/aromatic N) is 2. The maximum absolute atomic E-state index is 13.2. The second-order valence-corrected chi connectivity index (χ2v) is 9.60. The maximum Gasteiger partial charge on any atom is 0.295 e. The summed E-state index contributed by atoms with van der Waals surface area (Å²) in [7, 11) is 0. The van der Waals surface area contributed by atoms with E-state index in [0.717, 1.165) is 23.1 Å². The molecule has 2 heterocycles. The molecule has 0 radical (unpaired) electrons. The number of ketones is 1. The Kier molecular flexibility index (Phi) is 7.70. The van der Waals surface area contributed by atoms with Crippen molar-refractivity contribution in [2.24, 2.45) is 0 Å². The van der Waals surface area contributed by atoms with Crippen molar-refractivity contribution in [1.29, 1.82) is 0 Å². The minimum atomic E-state index is -0.671. The van der Waals surface area contributed by atoms with E-state index in [1.807, 2.05) is 38.1 Å². The number of benzene rings is 2. The summed E-state index contributed by atoms with van der Waals surface area (Å²) in [5, 5.41) is 11.2. The molecule has 0 aliphatic carbocycles. The Balaban J connectivity index is 1.69. The van der Waals surface area contributed by atoms with Crippen molar-refractivity contribution < 1.29 is 24.2 Å². The van der Waals surface area contributed by atoms with Crippen LogP contribution < -0.4 is 4.74 Å². The van der Waals surface area contributed by atoms with Gasteiger partial charge in [-0.05, 0) is 55.8 Å². The molecule has 34 heavy (non-hydrogen) atoms. The topological polar surface area (TPSA) is 79.3 Å². The Morgan fingerprint density at radius 3 is 2.32 bits per heavy atom. The van der Waals surface area contributed by atoms with Gasteiger partial charge in [-0.2, -0.15) is 0 Å². The third kappa shape index (κ3) is 5.35. The lowest BCUT2D eigenvalue weighted by atomic mass is 9.95. The fourth-order valence-corrected chi connectivity index (χ4v) is 4.56. The van der Waals surface area contributed by atoms with Crippen LogP contribution in [-0.4, -0.2) is 72.1 Å². The minimum Gasteiger partial charge on any atom is -0.507 e. The number of ether oxygens (including phenoxy) is 2. The molecule has 0 aromatic heterocycles. The van der Waals surface area contributed by atoms with Crippen molar-refractivity contribution in [3.8, 4) is 5.75 Å². The van der Waals surface area contributed by atoms with Gasteiger partial charge in [-0.3, -0.25) is 14.5 Å². The Morgan fingerprint density at radius 1 is 1.06 bits per heavy atom. The largest absolute Gasteiger partial charge is 0.507 e. The highest BCUT2D eigenvalue weighted by molar-refractivity contribution is 9.10. The molecule has 1 amide bonds. The van der Waals surface area contributed by atoms with Gasteiger partial charge in [-0.1, -0.05) is 28.1 Å². The number of aliphatic hydroxyl groups is 1. The Labute approximate surface area is 208 Å². The average Bonchev–Trinajstić information content (AvgIpc) is 3.08. The molecule has 2 aliphatic heterocycles. The molecule has 0 bridgehead atoms. The lowest BCUT2D eigenvalue weighted by molar-refractivity contribution is -0.140. The standard InChI is InChI=1S/C26H29BrN2O5/c1-17(2)34-21-9-5-19(6-10-21)24(30)22-23(18-3-7-20(27)8-4-18)29(26(32)25(22)31)12-11-28-13-15-33-16-14-28/h3-10,17,23,30H,11-16H2,1-2H3/b24-22-. The van der Waals surface area contributed by atoms with Gasteiger partial charge in [-0.15, -0.1) is 0 Å². The summed E-state index contributed by atoms with van der Waals surface area (Å²) in [5.41, 5.74) is 1.34. The summed E-state index contributed by atoms with van der Waals surface area (Å²) < 4.78 is 12.0. The number of morpholine rings is 1. The van der Waals surface area contributed by atoms with Gasteiger partial charge in [0, 0.05) is 36.2 Å². The number of carbonyl (C=O) groups excluding carboxylic acids is 2. The number of carbonyl (C=O) groups is 2. The van der Waals surface area contributed by atoms with Crippen LogP contribution >= 0.6 is 15.9 Å². The molecule has 7 nitrogen and oxygen atoms in total. The van der Waals surface area contributed by atoms with E-state index in [4.69, 9.17) is 9.47 Å². The first kappa shape index (κ1) is 24.4. The number of likely N-dealkylation sites (tertiary alicyclic amines) is 1. The van der Waals surface area contributed by atoms with Crippen LogP contribution in [0.3, 0.4) is 0 Å². The lowest BCUT2D eigenvalue weighted by Crippen LogP contribution is -2.42. The molecule has 180 valence electrons. The third-order valence-electron chi connectivity index (χ3n) is 5.99. The SMILES string of the molecule is CC(C)Oc1ccc(/C(O)=C2/C(=O)C(=O)N(CCN3CCOCC3)C2c2ccc(Br)cc2)cc1. The number of Topliss-reactive ketones (excluding diaryl/α,β-unsaturated/α-hetero) is 1. The predicted octanol–water partition coefficient (Wildman–Crippen LogP) is 3.99. The quantitative estimate of drug-likeness (QED) is 0.332. The van der Waals surface area contributed by atoms with E-state index in [-0.39, 0.29) is 17.4 Å². The number of rotatable bonds is 7. The first-order valence-electron chi connectivity index (χ1n) is 11.5. The molecule has 2 aromatic carbocycles. The van der Waals surface area contributed by atoms with Crippen LogP contribution in [0.5, 0.6) is 5.75 Å². The first-order valence-corrected chi connectivity index (χ1v) is 12.3. The molecule has 8 heteroatoms. The van der Waals surface area contributed by atoms with Crippen molar-refractivity contribution in [2.75, 3.05) is 39.4 Å². The monoisotopic (exact) mass is 528 g/mol. The third-order valence-corrected chi connectivity index (χ3v) is 6.51. The van der Waals surface area contributed by atoms with Gasteiger partial charge in [-0.25, -0.2) is 0 Å². The van der Waals surface area contributed by atoms with Crippen molar-refractivity contribution >= 4 is 33.4 Å². The normalized spacial score (nSPS) is 20.8. The summed E-state index contributed by atoms with van der Waals surface area (Å²) in [6.45, 7) is 7.77. The van der Waals surface area contributed by atoms with Gasteiger partial charge < -0.3 is 19.5 Å². The van der Waals surface area contributed by atoms with Crippen molar-refractivity contribution in [3.05, 3.63) is 69.7 Å². The van der Waals surface area contributed by atoms with Gasteiger partial charge in [0.05, 0.1) is 30.9 Å². The highest BCUT2D eigenvalue weighted by Gasteiger charge is 2.46. The van der Waals surface area contributed by atoms with Gasteiger partial charge in [0.25, 0.3) is 11.7 Å². The molecule has 1 unspecified atom stereocenters. The summed E-state index contributed by atoms with van der Waals surface area (Å²) in [6, 6.07) is 13.7. The zero-order valence-electron chi connectivity index (χ0n) is 19.4. The number of amides is 1. The summed E-state index contributed by atoms with van der Waals surface area (Å²) in [4.78, 5) is 30.1. The van der Waals surface area contributed by atoms with Crippen molar-refractivity contribution in [1.82, 2.24) is 9.80 Å². The van der Waals surface area contributed by atoms with Crippen LogP contribution in [0, 0.1) is 0 Å². The Hall–Kier alpha value is -2.68. The molecule has 2 aliphatic rings. The molecule has 2 fully saturated rings. The van der Waals surface area contributed by atoms with Crippen molar-refractivity contribution in [2.45, 2.75) is 26.0 Å². The van der Waals surface area contributed by atoms with Crippen LogP contribution in [0.2, 0.25) is 0 Å². The van der Waals surface area contributed by atoms with Crippen molar-refractivity contribution in [3.63, 3.8) is 0 Å². The molecular formula is C26H29BrN2O5. The zero-order chi connectivity index (χ0) is 24.2. The molecule has 4 rings (SSSR count). The van der Waals surface area contributed by atoms with Gasteiger partial charge in [0.2, 0.25) is 0 Å². The van der Waals surface area contributed by atoms with E-state index in [1.165, 1.54) is 0 Å². The summed E-state index contributed by atoms with van der Waals surface area (Å²) in [5.74, 6) is -0.782. The van der Waals surface area contributed by atoms with Crippen LogP contribution in [0.15, 0.2) is 58.6 Å². The van der Waals surface area contributed by atoms with Crippen LogP contribution in [0.25, 0.3) is 5.76 Å². The van der Waals surface area contributed by atoms with E-state index >= 15 is 0 Å². The first-order chi connectivity index (χ1) is 16.3. The molecule has 1 atom stereocenters. The molecule has 1 N–H and O–H groups in total. The van der Waals surface area contributed by atoms with E-state index in [9.17, 15) is 14.7 Å². The van der Waals surface area contributed by atoms with E-state index < -0.39 is 17.7 Å². The van der Waals surface area contributed by atoms with Crippen LogP contribution in [0.1, 0.15) is 31.0 Å². The molecule has 0 saturated carbocycles. The second-order valence-electron chi connectivity index (χ2n) is 8.69. The van der Waals surface area contributed by atoms with E-state index in [1.54, 1.807) is 29.2 Å². The average molecular weight is 529 g/mol. The fourth-order valence-electron chi connectivity index (χ4n) is 4.30. The second kappa shape index (κ2) is 10.7. The summed E-state index contributed by atoms with van der Waals surface area (Å²) >= 11 is 3.44. The van der Waals surface area contributed by atoms with Gasteiger partial charge in [0.1, 0.15) is 11.5 Å². The smallest absolute Gasteiger partial charge is 0.295 e. The van der Waals surface area contributed by atoms with Crippen LogP contribution in [0.4, 0.5) is 0 Å². The summed E-state index contributed by atoms with van der Waals surface area (Å²) in [6.07, 6.45) is 0.0219. The van der Waals surface area contributed by atoms with E-state index in [0.29, 0.717) is 37.6 Å². The Bertz CT molecular complexity index is 1060. The number of halogens is 1. The molecule has 2 saturated heterocycles. The number of hydrogen-bond acceptors (Lipinski definition) is 6. The number of aliphatic hydroxyl groups excluding tert-OH is 1. The zero-order valence-corrected chi connectivity index (χ0v) is 21.0.